The Hall–Kier alpha value is -4.12. The van der Waals surface area contributed by atoms with Gasteiger partial charge >= 0.3 is 19.8 Å². The fourth-order valence-corrected chi connectivity index (χ4v) is 6.08. The Balaban J connectivity index is 4.03. The van der Waals surface area contributed by atoms with Crippen LogP contribution in [0.3, 0.4) is 0 Å². The van der Waals surface area contributed by atoms with Crippen LogP contribution in [0.15, 0.2) is 122 Å². The third-order valence-electron chi connectivity index (χ3n) is 8.75. The van der Waals surface area contributed by atoms with Crippen molar-refractivity contribution in [2.24, 2.45) is 0 Å². The highest BCUT2D eigenvalue weighted by Crippen LogP contribution is 2.43. The number of carbonyl (C=O) groups is 3. The van der Waals surface area contributed by atoms with E-state index in [0.29, 0.717) is 12.8 Å². The standard InChI is InChI=1S/C50H78NO10P/c1-3-5-7-9-11-13-15-17-19-21-23-25-27-29-31-33-35-37-39-41-48(53)51-47(50(55)56)45-61-62(57,58)60-44-46(52)43-59-49(54)42-40-38-36-34-32-30-28-26-24-22-20-18-16-14-12-10-8-6-4-2/h5-8,11-14,17-20,23-26,29-32,46-47,52H,3-4,9-10,15-16,21-22,27-28,33-45H2,1-2H3,(H,51,53)(H,55,56)(H,57,58)/b7-5-,8-6-,13-11-,14-12-,19-17-,20-18-,25-23-,26-24-,31-29-,32-30-. The third kappa shape index (κ3) is 42.6. The van der Waals surface area contributed by atoms with E-state index in [1.807, 2.05) is 0 Å². The highest BCUT2D eigenvalue weighted by Gasteiger charge is 2.28. The second-order valence-electron chi connectivity index (χ2n) is 14.5. The van der Waals surface area contributed by atoms with Gasteiger partial charge in [-0.15, -0.1) is 0 Å². The maximum Gasteiger partial charge on any atom is 0.472 e. The molecule has 0 saturated heterocycles. The number of phosphoric acid groups is 1. The average Bonchev–Trinajstić information content (AvgIpc) is 3.25. The number of phosphoric ester groups is 1. The number of nitrogens with one attached hydrogen (secondary N) is 1. The minimum atomic E-state index is -4.79. The molecular weight excluding hydrogens is 806 g/mol. The summed E-state index contributed by atoms with van der Waals surface area (Å²) in [5, 5.41) is 21.8. The fourth-order valence-electron chi connectivity index (χ4n) is 5.31. The zero-order chi connectivity index (χ0) is 45.6. The maximum atomic E-state index is 12.3. The first-order valence-corrected chi connectivity index (χ1v) is 24.1. The zero-order valence-electron chi connectivity index (χ0n) is 37.6. The number of aliphatic hydroxyl groups excluding tert-OH is 1. The van der Waals surface area contributed by atoms with E-state index in [1.54, 1.807) is 0 Å². The van der Waals surface area contributed by atoms with Crippen molar-refractivity contribution in [2.75, 3.05) is 19.8 Å². The normalized spacial score (nSPS) is 14.8. The van der Waals surface area contributed by atoms with Gasteiger partial charge in [-0.1, -0.05) is 148 Å². The molecule has 0 fully saturated rings. The van der Waals surface area contributed by atoms with Crippen LogP contribution in [0, 0.1) is 0 Å². The molecule has 12 heteroatoms. The van der Waals surface area contributed by atoms with Crippen LogP contribution in [0.25, 0.3) is 0 Å². The van der Waals surface area contributed by atoms with Gasteiger partial charge in [0.15, 0.2) is 6.04 Å². The van der Waals surface area contributed by atoms with Gasteiger partial charge in [0.25, 0.3) is 0 Å². The van der Waals surface area contributed by atoms with Gasteiger partial charge in [0, 0.05) is 12.8 Å². The summed E-state index contributed by atoms with van der Waals surface area (Å²) in [7, 11) is -4.79. The molecule has 62 heavy (non-hydrogen) atoms. The quantitative estimate of drug-likeness (QED) is 0.0201. The van der Waals surface area contributed by atoms with E-state index in [9.17, 15) is 34.1 Å². The topological polar surface area (TPSA) is 169 Å². The third-order valence-corrected chi connectivity index (χ3v) is 9.70. The number of carboxylic acids is 1. The lowest BCUT2D eigenvalue weighted by atomic mass is 10.1. The summed E-state index contributed by atoms with van der Waals surface area (Å²) in [5.41, 5.74) is 0. The van der Waals surface area contributed by atoms with Crippen LogP contribution in [-0.2, 0) is 32.7 Å². The van der Waals surface area contributed by atoms with Crippen molar-refractivity contribution in [3.8, 4) is 0 Å². The number of carbonyl (C=O) groups excluding carboxylic acids is 2. The predicted octanol–water partition coefficient (Wildman–Crippen LogP) is 12.0. The van der Waals surface area contributed by atoms with Gasteiger partial charge in [0.05, 0.1) is 13.2 Å². The lowest BCUT2D eigenvalue weighted by Gasteiger charge is -2.18. The largest absolute Gasteiger partial charge is 0.480 e. The molecule has 0 aromatic heterocycles. The summed E-state index contributed by atoms with van der Waals surface area (Å²) in [6, 6.07) is -1.58. The number of hydrogen-bond acceptors (Lipinski definition) is 8. The van der Waals surface area contributed by atoms with Gasteiger partial charge in [0.1, 0.15) is 12.7 Å². The zero-order valence-corrected chi connectivity index (χ0v) is 38.5. The minimum absolute atomic E-state index is 0.0960. The lowest BCUT2D eigenvalue weighted by molar-refractivity contribution is -0.147. The average molecular weight is 884 g/mol. The molecule has 0 bridgehead atoms. The molecule has 0 aliphatic heterocycles. The van der Waals surface area contributed by atoms with E-state index >= 15 is 0 Å². The lowest BCUT2D eigenvalue weighted by Crippen LogP contribution is -2.43. The Labute approximate surface area is 373 Å². The van der Waals surface area contributed by atoms with Gasteiger partial charge < -0.3 is 25.2 Å². The highest BCUT2D eigenvalue weighted by atomic mass is 31.2. The molecule has 0 heterocycles. The van der Waals surface area contributed by atoms with E-state index in [4.69, 9.17) is 13.8 Å². The van der Waals surface area contributed by atoms with E-state index in [1.165, 1.54) is 0 Å². The van der Waals surface area contributed by atoms with Crippen LogP contribution in [0.5, 0.6) is 0 Å². The molecular formula is C50H78NO10P. The summed E-state index contributed by atoms with van der Waals surface area (Å²) in [6.45, 7) is 2.28. The molecule has 0 aromatic carbocycles. The Bertz CT molecular complexity index is 1500. The first kappa shape index (κ1) is 57.9. The van der Waals surface area contributed by atoms with Crippen LogP contribution in [0.4, 0.5) is 0 Å². The molecule has 3 atom stereocenters. The van der Waals surface area contributed by atoms with Crippen molar-refractivity contribution in [3.05, 3.63) is 122 Å². The van der Waals surface area contributed by atoms with Crippen LogP contribution < -0.4 is 5.32 Å². The van der Waals surface area contributed by atoms with E-state index in [2.05, 4.69) is 141 Å². The van der Waals surface area contributed by atoms with Crippen LogP contribution in [0.2, 0.25) is 0 Å². The molecule has 0 rings (SSSR count). The van der Waals surface area contributed by atoms with E-state index in [-0.39, 0.29) is 12.8 Å². The molecule has 0 aliphatic rings. The molecule has 0 aromatic rings. The molecule has 3 unspecified atom stereocenters. The minimum Gasteiger partial charge on any atom is -0.480 e. The van der Waals surface area contributed by atoms with Gasteiger partial charge in [-0.25, -0.2) is 9.36 Å². The Morgan fingerprint density at radius 3 is 1.29 bits per heavy atom. The molecule has 1 amide bonds. The summed E-state index contributed by atoms with van der Waals surface area (Å²) < 4.78 is 26.8. The maximum absolute atomic E-state index is 12.3. The van der Waals surface area contributed by atoms with Gasteiger partial charge in [-0.2, -0.15) is 0 Å². The molecule has 0 saturated carbocycles. The van der Waals surface area contributed by atoms with Crippen molar-refractivity contribution in [2.45, 2.75) is 154 Å². The van der Waals surface area contributed by atoms with Crippen LogP contribution >= 0.6 is 7.82 Å². The smallest absolute Gasteiger partial charge is 0.472 e. The molecule has 4 N–H and O–H groups in total. The van der Waals surface area contributed by atoms with Crippen molar-refractivity contribution in [1.29, 1.82) is 0 Å². The number of hydrogen-bond donors (Lipinski definition) is 4. The molecule has 0 aliphatic carbocycles. The van der Waals surface area contributed by atoms with Crippen molar-refractivity contribution >= 4 is 25.7 Å². The van der Waals surface area contributed by atoms with Crippen LogP contribution in [0.1, 0.15) is 142 Å². The summed E-state index contributed by atoms with van der Waals surface area (Å²) in [6.07, 6.45) is 57.9. The number of aliphatic hydroxyl groups is 1. The molecule has 348 valence electrons. The summed E-state index contributed by atoms with van der Waals surface area (Å²) >= 11 is 0. The van der Waals surface area contributed by atoms with Crippen molar-refractivity contribution in [3.63, 3.8) is 0 Å². The number of esters is 1. The number of amides is 1. The Kier molecular flexibility index (Phi) is 40.6. The monoisotopic (exact) mass is 884 g/mol. The summed E-state index contributed by atoms with van der Waals surface area (Å²) in [4.78, 5) is 46.0. The van der Waals surface area contributed by atoms with E-state index < -0.39 is 57.6 Å². The highest BCUT2D eigenvalue weighted by molar-refractivity contribution is 7.47. The number of carboxylic acid groups (broad SMARTS) is 1. The fraction of sp³-hybridized carbons (Fsp3) is 0.540. The first-order valence-electron chi connectivity index (χ1n) is 22.6. The molecule has 11 nitrogen and oxygen atoms in total. The Morgan fingerprint density at radius 2 is 0.887 bits per heavy atom. The first-order chi connectivity index (χ1) is 30.1. The SMILES string of the molecule is CC/C=C\C/C=C\C/C=C\C/C=C\C/C=C\CCCCCC(=O)NC(COP(=O)(O)OCC(O)COC(=O)CCCCC/C=C\C/C=C\C/C=C\C/C=C\C/C=C\CC)C(=O)O. The number of rotatable bonds is 40. The number of aliphatic carboxylic acids is 1. The second-order valence-corrected chi connectivity index (χ2v) is 15.9. The van der Waals surface area contributed by atoms with Gasteiger partial charge in [0.2, 0.25) is 5.91 Å². The second kappa shape index (κ2) is 43.5. The molecule has 0 radical (unpaired) electrons. The Morgan fingerprint density at radius 1 is 0.516 bits per heavy atom. The van der Waals surface area contributed by atoms with E-state index in [0.717, 1.165) is 103 Å². The van der Waals surface area contributed by atoms with Crippen LogP contribution in [-0.4, -0.2) is 64.9 Å². The van der Waals surface area contributed by atoms with Crippen molar-refractivity contribution in [1.82, 2.24) is 5.32 Å². The van der Waals surface area contributed by atoms with Crippen molar-refractivity contribution < 1.29 is 47.8 Å². The number of allylic oxidation sites excluding steroid dienone is 20. The molecule has 0 spiro atoms. The predicted molar refractivity (Wildman–Crippen MR) is 253 cm³/mol. The van der Waals surface area contributed by atoms with Gasteiger partial charge in [-0.3, -0.25) is 18.6 Å². The summed E-state index contributed by atoms with van der Waals surface area (Å²) in [5.74, 6) is -2.47. The number of ether oxygens (including phenoxy) is 1. The number of unbranched alkanes of at least 4 members (excludes halogenated alkanes) is 6. The van der Waals surface area contributed by atoms with Gasteiger partial charge in [-0.05, 0) is 103 Å².